The molecule has 0 aliphatic rings. The van der Waals surface area contributed by atoms with E-state index in [1.807, 2.05) is 30.3 Å². The summed E-state index contributed by atoms with van der Waals surface area (Å²) in [5.74, 6) is 0.709. The Hall–Kier alpha value is 0.166. The molecule has 2 unspecified atom stereocenters. The molecule has 23 heavy (non-hydrogen) atoms. The van der Waals surface area contributed by atoms with Gasteiger partial charge >= 0.3 is 23.1 Å². The summed E-state index contributed by atoms with van der Waals surface area (Å²) in [5.41, 5.74) is 1.45. The molecule has 3 heteroatoms. The van der Waals surface area contributed by atoms with E-state index in [0.29, 0.717) is 10.7 Å². The van der Waals surface area contributed by atoms with Crippen LogP contribution in [-0.2, 0) is 0 Å². The third-order valence-electron chi connectivity index (χ3n) is 3.15. The molecule has 0 fully saturated rings. The smallest absolute Gasteiger partial charge is 1.00 e. The third kappa shape index (κ3) is 18.3. The zero-order valence-electron chi connectivity index (χ0n) is 14.8. The minimum atomic E-state index is 0. The molecule has 0 nitrogen and oxygen atoms in total. The molecule has 0 aliphatic carbocycles. The van der Waals surface area contributed by atoms with E-state index >= 15 is 0 Å². The Morgan fingerprint density at radius 1 is 0.870 bits per heavy atom. The van der Waals surface area contributed by atoms with Crippen LogP contribution in [0, 0.1) is 6.07 Å². The van der Waals surface area contributed by atoms with Crippen LogP contribution in [0.15, 0.2) is 60.7 Å². The van der Waals surface area contributed by atoms with Crippen molar-refractivity contribution in [3.63, 3.8) is 0 Å². The summed E-state index contributed by atoms with van der Waals surface area (Å²) in [7, 11) is 0. The van der Waals surface area contributed by atoms with Gasteiger partial charge in [0, 0.05) is 4.83 Å². The molecule has 2 aromatic rings. The first-order valence-corrected chi connectivity index (χ1v) is 8.63. The summed E-state index contributed by atoms with van der Waals surface area (Å²) in [5, 5.41) is 0. The van der Waals surface area contributed by atoms with Gasteiger partial charge in [0.15, 0.2) is 0 Å². The van der Waals surface area contributed by atoms with E-state index in [-0.39, 0.29) is 40.0 Å². The number of halogens is 2. The van der Waals surface area contributed by atoms with Gasteiger partial charge in [-0.1, -0.05) is 74.0 Å². The Morgan fingerprint density at radius 3 is 1.57 bits per heavy atom. The molecule has 0 aromatic heterocycles. The van der Waals surface area contributed by atoms with Crippen LogP contribution in [0.1, 0.15) is 52.0 Å². The van der Waals surface area contributed by atoms with Gasteiger partial charge in [-0.05, 0) is 24.3 Å². The van der Waals surface area contributed by atoms with Gasteiger partial charge in [-0.25, -0.2) is 0 Å². The van der Waals surface area contributed by atoms with E-state index in [2.05, 4.69) is 80.0 Å². The van der Waals surface area contributed by atoms with Crippen LogP contribution in [0.5, 0.6) is 0 Å². The van der Waals surface area contributed by atoms with Gasteiger partial charge in [0.2, 0.25) is 0 Å². The molecule has 0 amide bonds. The average Bonchev–Trinajstić information content (AvgIpc) is 2.57. The molecule has 2 rings (SSSR count). The van der Waals surface area contributed by atoms with Crippen molar-refractivity contribution >= 4 is 39.0 Å². The monoisotopic (exact) mass is 450 g/mol. The van der Waals surface area contributed by atoms with Crippen molar-refractivity contribution in [2.75, 3.05) is 0 Å². The summed E-state index contributed by atoms with van der Waals surface area (Å²) in [4.78, 5) is 0.697. The van der Waals surface area contributed by atoms with Crippen molar-refractivity contribution in [2.24, 2.45) is 0 Å². The largest absolute Gasteiger partial charge is 2.00 e. The molecule has 2 atom stereocenters. The van der Waals surface area contributed by atoms with Gasteiger partial charge in [-0.2, -0.15) is 36.4 Å². The second-order valence-electron chi connectivity index (χ2n) is 4.99. The maximum absolute atomic E-state index is 3.37. The molecule has 0 bridgehead atoms. The SMILES string of the molecule is CCC(C)Br.CCC(C)c1ccccc1.[Br-].[Mg+2].[c-]1ccccc1. The van der Waals surface area contributed by atoms with Gasteiger partial charge < -0.3 is 17.0 Å². The molecule has 0 N–H and O–H groups in total. The molecule has 0 saturated heterocycles. The first kappa shape index (κ1) is 28.0. The fourth-order valence-corrected chi connectivity index (χ4v) is 1.36. The number of rotatable bonds is 3. The zero-order valence-corrected chi connectivity index (χ0v) is 19.4. The van der Waals surface area contributed by atoms with E-state index in [1.165, 1.54) is 18.4 Å². The van der Waals surface area contributed by atoms with Gasteiger partial charge in [0.1, 0.15) is 0 Å². The minimum Gasteiger partial charge on any atom is -1.00 e. The Kier molecular flexibility index (Phi) is 24.6. The van der Waals surface area contributed by atoms with Gasteiger partial charge in [-0.3, -0.25) is 0 Å². The number of benzene rings is 2. The van der Waals surface area contributed by atoms with Crippen molar-refractivity contribution in [1.29, 1.82) is 0 Å². The van der Waals surface area contributed by atoms with Crippen LogP contribution in [-0.4, -0.2) is 27.9 Å². The fraction of sp³-hybridized carbons (Fsp3) is 0.400. The quantitative estimate of drug-likeness (QED) is 0.380. The van der Waals surface area contributed by atoms with Crippen LogP contribution in [0.25, 0.3) is 0 Å². The maximum atomic E-state index is 3.37. The Balaban J connectivity index is -0.000000269. The topological polar surface area (TPSA) is 0 Å². The summed E-state index contributed by atoms with van der Waals surface area (Å²) >= 11 is 3.37. The first-order chi connectivity index (χ1) is 10.1. The van der Waals surface area contributed by atoms with Crippen LogP contribution < -0.4 is 17.0 Å². The van der Waals surface area contributed by atoms with Gasteiger partial charge in [0.05, 0.1) is 0 Å². The normalized spacial score (nSPS) is 11.0. The summed E-state index contributed by atoms with van der Waals surface area (Å²) in [6.45, 7) is 8.77. The molecule has 0 heterocycles. The minimum absolute atomic E-state index is 0. The van der Waals surface area contributed by atoms with Gasteiger partial charge in [0.25, 0.3) is 0 Å². The van der Waals surface area contributed by atoms with Crippen LogP contribution in [0.2, 0.25) is 0 Å². The van der Waals surface area contributed by atoms with Crippen molar-refractivity contribution < 1.29 is 17.0 Å². The zero-order chi connectivity index (χ0) is 15.9. The van der Waals surface area contributed by atoms with Crippen molar-refractivity contribution in [3.05, 3.63) is 72.3 Å². The van der Waals surface area contributed by atoms with Crippen molar-refractivity contribution in [1.82, 2.24) is 0 Å². The predicted molar refractivity (Wildman–Crippen MR) is 105 cm³/mol. The number of alkyl halides is 1. The Bertz CT molecular complexity index is 391. The summed E-state index contributed by atoms with van der Waals surface area (Å²) in [6, 6.07) is 23.1. The second kappa shape index (κ2) is 20.2. The molecule has 2 aromatic carbocycles. The van der Waals surface area contributed by atoms with E-state index < -0.39 is 0 Å². The number of hydrogen-bond acceptors (Lipinski definition) is 0. The van der Waals surface area contributed by atoms with E-state index in [4.69, 9.17) is 0 Å². The van der Waals surface area contributed by atoms with Crippen LogP contribution in [0.4, 0.5) is 0 Å². The molecular formula is C20H28Br2Mg. The van der Waals surface area contributed by atoms with Crippen molar-refractivity contribution in [3.8, 4) is 0 Å². The molecule has 0 saturated carbocycles. The Morgan fingerprint density at radius 2 is 1.30 bits per heavy atom. The Labute approximate surface area is 178 Å². The average molecular weight is 453 g/mol. The van der Waals surface area contributed by atoms with E-state index in [9.17, 15) is 0 Å². The molecule has 0 radical (unpaired) electrons. The van der Waals surface area contributed by atoms with Crippen molar-refractivity contribution in [2.45, 2.75) is 51.3 Å². The van der Waals surface area contributed by atoms with Crippen LogP contribution >= 0.6 is 15.9 Å². The summed E-state index contributed by atoms with van der Waals surface area (Å²) < 4.78 is 0. The molecular weight excluding hydrogens is 424 g/mol. The first-order valence-electron chi connectivity index (χ1n) is 7.71. The maximum Gasteiger partial charge on any atom is 2.00 e. The fourth-order valence-electron chi connectivity index (χ4n) is 1.36. The number of hydrogen-bond donors (Lipinski definition) is 0. The second-order valence-corrected chi connectivity index (χ2v) is 6.55. The van der Waals surface area contributed by atoms with Gasteiger partial charge in [-0.15, -0.1) is 0 Å². The molecule has 0 spiro atoms. The standard InChI is InChI=1S/C10H14.C6H5.C4H9Br.BrH.Mg/c1-3-9(2)10-7-5-4-6-8-10;1-2-4-6-5-3-1;1-3-4(2)5;;/h4-9H,3H2,1-2H3;1-5H;4H,3H2,1-2H3;1H;/q;-1;;;+2/p-1. The van der Waals surface area contributed by atoms with E-state index in [0.717, 1.165) is 0 Å². The molecule has 124 valence electrons. The third-order valence-corrected chi connectivity index (χ3v) is 3.80. The van der Waals surface area contributed by atoms with Crippen LogP contribution in [0.3, 0.4) is 0 Å². The summed E-state index contributed by atoms with van der Waals surface area (Å²) in [6.07, 6.45) is 2.45. The predicted octanol–water partition coefficient (Wildman–Crippen LogP) is 3.49. The molecule has 0 aliphatic heterocycles. The van der Waals surface area contributed by atoms with E-state index in [1.54, 1.807) is 0 Å².